The number of anilines is 1. The van der Waals surface area contributed by atoms with Crippen molar-refractivity contribution in [2.24, 2.45) is 5.92 Å². The maximum absolute atomic E-state index is 12.8. The Kier molecular flexibility index (Phi) is 5.79. The van der Waals surface area contributed by atoms with E-state index < -0.39 is 14.9 Å². The first-order chi connectivity index (χ1) is 12.4. The Morgan fingerprint density at radius 1 is 1.35 bits per heavy atom. The molecule has 26 heavy (non-hydrogen) atoms. The van der Waals surface area contributed by atoms with Crippen LogP contribution in [0.5, 0.6) is 0 Å². The van der Waals surface area contributed by atoms with Crippen LogP contribution in [0.4, 0.5) is 11.4 Å². The van der Waals surface area contributed by atoms with Crippen molar-refractivity contribution >= 4 is 21.4 Å². The number of sulfonamides is 1. The highest BCUT2D eigenvalue weighted by molar-refractivity contribution is 7.89. The number of hydrogen-bond donors (Lipinski definition) is 1. The van der Waals surface area contributed by atoms with Crippen molar-refractivity contribution < 1.29 is 18.1 Å². The van der Waals surface area contributed by atoms with Gasteiger partial charge in [0.15, 0.2) is 0 Å². The zero-order chi connectivity index (χ0) is 18.7. The number of nitro groups is 1. The first-order valence-corrected chi connectivity index (χ1v) is 10.5. The maximum atomic E-state index is 12.8. The number of ether oxygens (including phenoxy) is 1. The number of nitrogens with one attached hydrogen (secondary N) is 1. The van der Waals surface area contributed by atoms with Crippen LogP contribution in [0.2, 0.25) is 0 Å². The van der Waals surface area contributed by atoms with Gasteiger partial charge in [-0.15, -0.1) is 0 Å². The van der Waals surface area contributed by atoms with E-state index in [1.807, 2.05) is 6.92 Å². The molecular formula is C17H25N3O5S. The van der Waals surface area contributed by atoms with E-state index in [0.29, 0.717) is 37.8 Å². The van der Waals surface area contributed by atoms with Crippen LogP contribution in [0.1, 0.15) is 32.6 Å². The zero-order valence-corrected chi connectivity index (χ0v) is 15.7. The molecule has 2 heterocycles. The Hall–Kier alpha value is -1.71. The number of nitrogens with zero attached hydrogens (tertiary/aromatic N) is 2. The lowest BCUT2D eigenvalue weighted by molar-refractivity contribution is -0.384. The van der Waals surface area contributed by atoms with Gasteiger partial charge in [0.25, 0.3) is 5.69 Å². The first-order valence-electron chi connectivity index (χ1n) is 9.02. The maximum Gasteiger partial charge on any atom is 0.293 e. The molecule has 9 heteroatoms. The van der Waals surface area contributed by atoms with Gasteiger partial charge in [0.2, 0.25) is 10.0 Å². The number of rotatable bonds is 6. The predicted octanol–water partition coefficient (Wildman–Crippen LogP) is 2.61. The van der Waals surface area contributed by atoms with Crippen LogP contribution in [0.3, 0.4) is 0 Å². The second-order valence-corrected chi connectivity index (χ2v) is 9.00. The van der Waals surface area contributed by atoms with Crippen LogP contribution in [-0.2, 0) is 14.8 Å². The van der Waals surface area contributed by atoms with Gasteiger partial charge in [-0.3, -0.25) is 10.1 Å². The molecule has 0 spiro atoms. The minimum Gasteiger partial charge on any atom is -0.377 e. The normalized spacial score (nSPS) is 24.5. The first kappa shape index (κ1) is 19.1. The van der Waals surface area contributed by atoms with Gasteiger partial charge in [0, 0.05) is 32.3 Å². The minimum absolute atomic E-state index is 0.0269. The lowest BCUT2D eigenvalue weighted by atomic mass is 10.0. The van der Waals surface area contributed by atoms with Crippen LogP contribution < -0.4 is 5.32 Å². The average Bonchev–Trinajstić information content (AvgIpc) is 3.13. The molecule has 2 unspecified atom stereocenters. The molecule has 2 atom stereocenters. The summed E-state index contributed by atoms with van der Waals surface area (Å²) < 4.78 is 32.6. The van der Waals surface area contributed by atoms with Crippen molar-refractivity contribution in [1.82, 2.24) is 4.31 Å². The third-order valence-electron chi connectivity index (χ3n) is 4.97. The van der Waals surface area contributed by atoms with Crippen LogP contribution in [0.25, 0.3) is 0 Å². The Balaban J connectivity index is 1.81. The predicted molar refractivity (Wildman–Crippen MR) is 97.7 cm³/mol. The summed E-state index contributed by atoms with van der Waals surface area (Å²) in [7, 11) is -3.72. The van der Waals surface area contributed by atoms with Crippen molar-refractivity contribution in [2.45, 2.75) is 43.6 Å². The van der Waals surface area contributed by atoms with Gasteiger partial charge in [-0.25, -0.2) is 8.42 Å². The standard InChI is InChI=1S/C17H25N3O5S/c1-13-4-2-8-19(12-13)26(23,24)15-6-7-16(17(10-15)20(21)22)18-11-14-5-3-9-25-14/h6-7,10,13-14,18H,2-5,8-9,11-12H2,1H3. The van der Waals surface area contributed by atoms with Gasteiger partial charge in [-0.1, -0.05) is 6.92 Å². The molecule has 0 bridgehead atoms. The summed E-state index contributed by atoms with van der Waals surface area (Å²) >= 11 is 0. The van der Waals surface area contributed by atoms with E-state index in [-0.39, 0.29) is 16.7 Å². The Morgan fingerprint density at radius 2 is 2.15 bits per heavy atom. The molecule has 2 fully saturated rings. The van der Waals surface area contributed by atoms with E-state index in [4.69, 9.17) is 4.74 Å². The summed E-state index contributed by atoms with van der Waals surface area (Å²) in [6.45, 7) is 4.10. The lowest BCUT2D eigenvalue weighted by Gasteiger charge is -2.30. The van der Waals surface area contributed by atoms with Gasteiger partial charge in [0.1, 0.15) is 5.69 Å². The van der Waals surface area contributed by atoms with E-state index in [9.17, 15) is 18.5 Å². The minimum atomic E-state index is -3.72. The quantitative estimate of drug-likeness (QED) is 0.598. The molecule has 0 aliphatic carbocycles. The van der Waals surface area contributed by atoms with E-state index >= 15 is 0 Å². The molecule has 2 saturated heterocycles. The molecule has 0 saturated carbocycles. The van der Waals surface area contributed by atoms with Crippen molar-refractivity contribution in [3.05, 3.63) is 28.3 Å². The fraction of sp³-hybridized carbons (Fsp3) is 0.647. The van der Waals surface area contributed by atoms with E-state index in [1.54, 1.807) is 0 Å². The van der Waals surface area contributed by atoms with E-state index in [2.05, 4.69) is 5.32 Å². The fourth-order valence-corrected chi connectivity index (χ4v) is 5.13. The molecule has 1 aromatic carbocycles. The van der Waals surface area contributed by atoms with Crippen LogP contribution in [0, 0.1) is 16.0 Å². The van der Waals surface area contributed by atoms with Crippen LogP contribution >= 0.6 is 0 Å². The number of nitro benzene ring substituents is 1. The topological polar surface area (TPSA) is 102 Å². The largest absolute Gasteiger partial charge is 0.377 e. The van der Waals surface area contributed by atoms with Gasteiger partial charge < -0.3 is 10.1 Å². The molecule has 8 nitrogen and oxygen atoms in total. The molecule has 1 N–H and O–H groups in total. The Labute approximate surface area is 153 Å². The lowest BCUT2D eigenvalue weighted by Crippen LogP contribution is -2.39. The zero-order valence-electron chi connectivity index (χ0n) is 14.9. The summed E-state index contributed by atoms with van der Waals surface area (Å²) in [4.78, 5) is 10.9. The average molecular weight is 383 g/mol. The van der Waals surface area contributed by atoms with E-state index in [0.717, 1.165) is 31.7 Å². The summed E-state index contributed by atoms with van der Waals surface area (Å²) in [6, 6.07) is 4.08. The number of hydrogen-bond acceptors (Lipinski definition) is 6. The molecular weight excluding hydrogens is 358 g/mol. The smallest absolute Gasteiger partial charge is 0.293 e. The second-order valence-electron chi connectivity index (χ2n) is 7.06. The molecule has 2 aliphatic rings. The molecule has 0 aromatic heterocycles. The van der Waals surface area contributed by atoms with Crippen molar-refractivity contribution in [2.75, 3.05) is 31.6 Å². The summed E-state index contributed by atoms with van der Waals surface area (Å²) in [5.41, 5.74) is 0.0885. The summed E-state index contributed by atoms with van der Waals surface area (Å²) in [5, 5.41) is 14.5. The highest BCUT2D eigenvalue weighted by Gasteiger charge is 2.30. The monoisotopic (exact) mass is 383 g/mol. The van der Waals surface area contributed by atoms with Crippen molar-refractivity contribution in [1.29, 1.82) is 0 Å². The third-order valence-corrected chi connectivity index (χ3v) is 6.83. The molecule has 3 rings (SSSR count). The second kappa shape index (κ2) is 7.89. The van der Waals surface area contributed by atoms with Gasteiger partial charge in [-0.05, 0) is 43.7 Å². The van der Waals surface area contributed by atoms with Gasteiger partial charge >= 0.3 is 0 Å². The Bertz CT molecular complexity index is 762. The SMILES string of the molecule is CC1CCCN(S(=O)(=O)c2ccc(NCC3CCCO3)c([N+](=O)[O-])c2)C1. The molecule has 0 radical (unpaired) electrons. The Morgan fingerprint density at radius 3 is 2.81 bits per heavy atom. The summed E-state index contributed by atoms with van der Waals surface area (Å²) in [6.07, 6.45) is 3.75. The van der Waals surface area contributed by atoms with E-state index in [1.165, 1.54) is 16.4 Å². The highest BCUT2D eigenvalue weighted by Crippen LogP contribution is 2.31. The third kappa shape index (κ3) is 4.16. The molecule has 1 aromatic rings. The molecule has 0 amide bonds. The van der Waals surface area contributed by atoms with Crippen LogP contribution in [-0.4, -0.2) is 50.0 Å². The molecule has 144 valence electrons. The fourth-order valence-electron chi connectivity index (χ4n) is 3.52. The van der Waals surface area contributed by atoms with Gasteiger partial charge in [-0.2, -0.15) is 4.31 Å². The van der Waals surface area contributed by atoms with Crippen molar-refractivity contribution in [3.8, 4) is 0 Å². The van der Waals surface area contributed by atoms with Crippen molar-refractivity contribution in [3.63, 3.8) is 0 Å². The number of benzene rings is 1. The van der Waals surface area contributed by atoms with Gasteiger partial charge in [0.05, 0.1) is 15.9 Å². The highest BCUT2D eigenvalue weighted by atomic mass is 32.2. The number of piperidine rings is 1. The van der Waals surface area contributed by atoms with Crippen LogP contribution in [0.15, 0.2) is 23.1 Å². The summed E-state index contributed by atoms with van der Waals surface area (Å²) in [5.74, 6) is 0.292. The molecule has 2 aliphatic heterocycles.